The molecule has 0 aliphatic heterocycles. The van der Waals surface area contributed by atoms with E-state index < -0.39 is 0 Å². The average molecular weight is 315 g/mol. The number of para-hydroxylation sites is 1. The van der Waals surface area contributed by atoms with Crippen LogP contribution in [0.2, 0.25) is 0 Å². The maximum Gasteiger partial charge on any atom is 0.340 e. The molecule has 2 aliphatic rings. The zero-order chi connectivity index (χ0) is 16.0. The summed E-state index contributed by atoms with van der Waals surface area (Å²) in [4.78, 5) is 16.9. The third-order valence-corrected chi connectivity index (χ3v) is 5.36. The van der Waals surface area contributed by atoms with E-state index in [-0.39, 0.29) is 23.6 Å². The van der Waals surface area contributed by atoms with Crippen LogP contribution in [0.1, 0.15) is 48.9 Å². The smallest absolute Gasteiger partial charge is 0.340 e. The summed E-state index contributed by atoms with van der Waals surface area (Å²) in [6.07, 6.45) is 4.36. The Hall–Kier alpha value is -1.88. The highest BCUT2D eigenvalue weighted by atomic mass is 16.6. The molecule has 1 aromatic heterocycles. The van der Waals surface area contributed by atoms with Gasteiger partial charge in [-0.2, -0.15) is 0 Å². The van der Waals surface area contributed by atoms with Crippen molar-refractivity contribution in [3.63, 3.8) is 0 Å². The molecule has 0 N–H and O–H groups in total. The van der Waals surface area contributed by atoms with Gasteiger partial charge < -0.3 is 13.9 Å². The lowest BCUT2D eigenvalue weighted by atomic mass is 9.52. The fourth-order valence-electron chi connectivity index (χ4n) is 3.96. The minimum Gasteiger partial charge on any atom is -0.458 e. The molecule has 2 fully saturated rings. The van der Waals surface area contributed by atoms with Crippen LogP contribution in [0.15, 0.2) is 22.6 Å². The van der Waals surface area contributed by atoms with Crippen LogP contribution in [-0.2, 0) is 9.47 Å². The molecule has 2 aliphatic carbocycles. The van der Waals surface area contributed by atoms with E-state index in [0.29, 0.717) is 29.2 Å². The number of fused-ring (bicyclic) bond motifs is 1. The van der Waals surface area contributed by atoms with Gasteiger partial charge in [0.1, 0.15) is 11.6 Å². The van der Waals surface area contributed by atoms with Crippen molar-refractivity contribution in [3.8, 4) is 0 Å². The summed E-state index contributed by atoms with van der Waals surface area (Å²) in [5.74, 6) is 0.242. The summed E-state index contributed by atoms with van der Waals surface area (Å²) in [5, 5.41) is 0. The molecule has 5 heteroatoms. The SMILES string of the molecule is CCO[C@H]1C[C@@H](OC(=O)c2cccc3oc(C)nc23)C12CCC2. The molecule has 2 atom stereocenters. The van der Waals surface area contributed by atoms with Crippen molar-refractivity contribution >= 4 is 17.1 Å². The molecule has 1 spiro atoms. The van der Waals surface area contributed by atoms with Gasteiger partial charge in [-0.05, 0) is 31.9 Å². The Labute approximate surface area is 135 Å². The number of nitrogens with zero attached hydrogens (tertiary/aromatic N) is 1. The van der Waals surface area contributed by atoms with Crippen LogP contribution in [0.4, 0.5) is 0 Å². The number of aromatic nitrogens is 1. The van der Waals surface area contributed by atoms with Gasteiger partial charge in [-0.3, -0.25) is 0 Å². The zero-order valence-electron chi connectivity index (χ0n) is 13.5. The van der Waals surface area contributed by atoms with E-state index in [9.17, 15) is 4.79 Å². The molecule has 0 amide bonds. The number of aryl methyl sites for hydroxylation is 1. The van der Waals surface area contributed by atoms with Crippen molar-refractivity contribution in [2.75, 3.05) is 6.61 Å². The van der Waals surface area contributed by atoms with Crippen molar-refractivity contribution in [3.05, 3.63) is 29.7 Å². The van der Waals surface area contributed by atoms with Crippen LogP contribution in [0.25, 0.3) is 11.1 Å². The number of hydrogen-bond acceptors (Lipinski definition) is 5. The lowest BCUT2D eigenvalue weighted by Gasteiger charge is -2.59. The van der Waals surface area contributed by atoms with Gasteiger partial charge >= 0.3 is 5.97 Å². The summed E-state index contributed by atoms with van der Waals surface area (Å²) < 4.78 is 17.1. The minimum atomic E-state index is -0.310. The highest BCUT2D eigenvalue weighted by Crippen LogP contribution is 2.58. The molecule has 2 saturated carbocycles. The van der Waals surface area contributed by atoms with Gasteiger partial charge in [-0.15, -0.1) is 0 Å². The highest BCUT2D eigenvalue weighted by Gasteiger charge is 2.61. The first kappa shape index (κ1) is 14.7. The van der Waals surface area contributed by atoms with Gasteiger partial charge in [0.05, 0.1) is 11.7 Å². The molecule has 0 bridgehead atoms. The average Bonchev–Trinajstić information content (AvgIpc) is 2.84. The van der Waals surface area contributed by atoms with E-state index in [1.165, 1.54) is 6.42 Å². The maximum absolute atomic E-state index is 12.6. The number of oxazole rings is 1. The second kappa shape index (κ2) is 5.34. The van der Waals surface area contributed by atoms with Gasteiger partial charge in [0.2, 0.25) is 0 Å². The summed E-state index contributed by atoms with van der Waals surface area (Å²) >= 11 is 0. The number of rotatable bonds is 4. The Morgan fingerprint density at radius 1 is 1.39 bits per heavy atom. The molecule has 0 unspecified atom stereocenters. The monoisotopic (exact) mass is 315 g/mol. The molecule has 0 saturated heterocycles. The van der Waals surface area contributed by atoms with Crippen LogP contribution in [0.5, 0.6) is 0 Å². The highest BCUT2D eigenvalue weighted by molar-refractivity contribution is 6.01. The van der Waals surface area contributed by atoms with Crippen LogP contribution < -0.4 is 0 Å². The van der Waals surface area contributed by atoms with Crippen molar-refractivity contribution in [1.82, 2.24) is 4.98 Å². The van der Waals surface area contributed by atoms with Crippen molar-refractivity contribution < 1.29 is 18.7 Å². The largest absolute Gasteiger partial charge is 0.458 e. The van der Waals surface area contributed by atoms with E-state index in [1.807, 2.05) is 13.0 Å². The maximum atomic E-state index is 12.6. The van der Waals surface area contributed by atoms with Crippen LogP contribution in [-0.4, -0.2) is 29.8 Å². The molecule has 1 aromatic carbocycles. The standard InChI is InChI=1S/C18H21NO4/c1-3-21-14-10-15(18(14)8-5-9-18)23-17(20)12-6-4-7-13-16(12)19-11(2)22-13/h4,6-7,14-15H,3,5,8-10H2,1-2H3/t14-,15+/m0/s1. The first-order valence-electron chi connectivity index (χ1n) is 8.33. The Balaban J connectivity index is 1.54. The van der Waals surface area contributed by atoms with Crippen molar-refractivity contribution in [2.45, 2.75) is 51.7 Å². The quantitative estimate of drug-likeness (QED) is 0.806. The van der Waals surface area contributed by atoms with Gasteiger partial charge in [0.25, 0.3) is 0 Å². The number of carbonyl (C=O) groups is 1. The van der Waals surface area contributed by atoms with E-state index >= 15 is 0 Å². The summed E-state index contributed by atoms with van der Waals surface area (Å²) in [6.45, 7) is 4.50. The van der Waals surface area contributed by atoms with Gasteiger partial charge in [0, 0.05) is 25.4 Å². The zero-order valence-corrected chi connectivity index (χ0v) is 13.5. The van der Waals surface area contributed by atoms with Gasteiger partial charge in [-0.1, -0.05) is 12.5 Å². The number of benzene rings is 1. The molecule has 122 valence electrons. The molecule has 0 radical (unpaired) electrons. The third-order valence-electron chi connectivity index (χ3n) is 5.36. The normalized spacial score (nSPS) is 25.1. The number of esters is 1. The Morgan fingerprint density at radius 3 is 2.91 bits per heavy atom. The van der Waals surface area contributed by atoms with E-state index in [1.54, 1.807) is 19.1 Å². The van der Waals surface area contributed by atoms with Crippen LogP contribution in [0, 0.1) is 12.3 Å². The molecule has 1 heterocycles. The summed E-state index contributed by atoms with van der Waals surface area (Å²) in [6, 6.07) is 5.36. The van der Waals surface area contributed by atoms with Gasteiger partial charge in [-0.25, -0.2) is 9.78 Å². The topological polar surface area (TPSA) is 61.6 Å². The second-order valence-electron chi connectivity index (χ2n) is 6.55. The first-order chi connectivity index (χ1) is 11.1. The Kier molecular flexibility index (Phi) is 3.41. The van der Waals surface area contributed by atoms with E-state index in [2.05, 4.69) is 4.98 Å². The van der Waals surface area contributed by atoms with Crippen LogP contribution in [0.3, 0.4) is 0 Å². The number of ether oxygens (including phenoxy) is 2. The number of hydrogen-bond donors (Lipinski definition) is 0. The summed E-state index contributed by atoms with van der Waals surface area (Å²) in [7, 11) is 0. The van der Waals surface area contributed by atoms with Gasteiger partial charge in [0.15, 0.2) is 11.5 Å². The van der Waals surface area contributed by atoms with E-state index in [4.69, 9.17) is 13.9 Å². The molecular weight excluding hydrogens is 294 g/mol. The fraction of sp³-hybridized carbons (Fsp3) is 0.556. The lowest BCUT2D eigenvalue weighted by Crippen LogP contribution is -2.63. The van der Waals surface area contributed by atoms with E-state index in [0.717, 1.165) is 19.3 Å². The predicted molar refractivity (Wildman–Crippen MR) is 84.3 cm³/mol. The van der Waals surface area contributed by atoms with Crippen molar-refractivity contribution in [1.29, 1.82) is 0 Å². The third kappa shape index (κ3) is 2.17. The van der Waals surface area contributed by atoms with Crippen molar-refractivity contribution in [2.24, 2.45) is 5.41 Å². The first-order valence-corrected chi connectivity index (χ1v) is 8.33. The molecule has 4 rings (SSSR count). The minimum absolute atomic E-state index is 0.0384. The molecular formula is C18H21NO4. The summed E-state index contributed by atoms with van der Waals surface area (Å²) in [5.41, 5.74) is 1.74. The Morgan fingerprint density at radius 2 is 2.22 bits per heavy atom. The van der Waals surface area contributed by atoms with Crippen LogP contribution >= 0.6 is 0 Å². The molecule has 23 heavy (non-hydrogen) atoms. The molecule has 2 aromatic rings. The number of carbonyl (C=O) groups excluding carboxylic acids is 1. The predicted octanol–water partition coefficient (Wildman–Crippen LogP) is 3.64. The fourth-order valence-corrected chi connectivity index (χ4v) is 3.96. The second-order valence-corrected chi connectivity index (χ2v) is 6.55. The lowest BCUT2D eigenvalue weighted by molar-refractivity contribution is -0.224. The molecule has 5 nitrogen and oxygen atoms in total. The Bertz CT molecular complexity index is 747.